The molecule has 2 amide bonds. The average molecular weight is 611 g/mol. The number of thioether (sulfide) groups is 2. The molecule has 1 aromatic rings. The standard InChI is InChI=1S/C12H14N2O6S3.C9H16N2OS2/c1-7(15)13-10(11(16)17)6-22-12(21)14-8-2-4-9(5-3-8)23-20-19-18;1-4-5-10-9(13)14-6-7(2)11-8(3)12/h2-5,10,18H,6H2,1H3,(H,13,15)(H,14,21)(H,16,17);4,7H,1,5-6H2,2-3H3,(H,10,13)(H,11,12). The number of nitrogens with one attached hydrogen (secondary N) is 4. The lowest BCUT2D eigenvalue weighted by atomic mass is 10.3. The van der Waals surface area contributed by atoms with Gasteiger partial charge in [-0.05, 0) is 31.2 Å². The average Bonchev–Trinajstić information content (AvgIpc) is 2.83. The Morgan fingerprint density at radius 3 is 2.16 bits per heavy atom. The van der Waals surface area contributed by atoms with E-state index >= 15 is 0 Å². The van der Waals surface area contributed by atoms with E-state index in [1.54, 1.807) is 30.3 Å². The molecular formula is C21H30N4O7S5. The molecule has 206 valence electrons. The minimum atomic E-state index is -1.12. The SMILES string of the molecule is C=CCNC(=S)SCC(C)NC(C)=O.CC(=O)NC(CSC(=S)Nc1ccc(SOOO)cc1)C(=O)O. The van der Waals surface area contributed by atoms with E-state index in [1.165, 1.54) is 25.6 Å². The first-order valence-electron chi connectivity index (χ1n) is 10.5. The highest BCUT2D eigenvalue weighted by atomic mass is 32.2. The van der Waals surface area contributed by atoms with Crippen molar-refractivity contribution in [2.75, 3.05) is 23.4 Å². The number of hydrogen-bond acceptors (Lipinski definition) is 11. The molecule has 0 aliphatic rings. The third-order valence-corrected chi connectivity index (χ3v) is 7.11. The van der Waals surface area contributed by atoms with Gasteiger partial charge in [0.25, 0.3) is 0 Å². The Hall–Kier alpha value is -1.92. The van der Waals surface area contributed by atoms with Crippen LogP contribution in [0, 0.1) is 0 Å². The van der Waals surface area contributed by atoms with Gasteiger partial charge in [0, 0.05) is 48.5 Å². The van der Waals surface area contributed by atoms with Crippen LogP contribution in [0.1, 0.15) is 20.8 Å². The second-order valence-electron chi connectivity index (χ2n) is 6.93. The van der Waals surface area contributed by atoms with Crippen LogP contribution in [0.3, 0.4) is 0 Å². The van der Waals surface area contributed by atoms with Gasteiger partial charge in [0.1, 0.15) is 14.7 Å². The Morgan fingerprint density at radius 1 is 1.05 bits per heavy atom. The molecule has 0 saturated heterocycles. The van der Waals surface area contributed by atoms with E-state index in [9.17, 15) is 14.4 Å². The number of thiocarbonyl (C=S) groups is 2. The second kappa shape index (κ2) is 21.1. The van der Waals surface area contributed by atoms with Crippen LogP contribution in [0.25, 0.3) is 0 Å². The van der Waals surface area contributed by atoms with Crippen molar-refractivity contribution in [1.29, 1.82) is 0 Å². The Morgan fingerprint density at radius 2 is 1.65 bits per heavy atom. The van der Waals surface area contributed by atoms with Gasteiger partial charge in [-0.25, -0.2) is 10.1 Å². The largest absolute Gasteiger partial charge is 0.480 e. The molecule has 0 saturated carbocycles. The van der Waals surface area contributed by atoms with Crippen LogP contribution in [0.4, 0.5) is 5.69 Å². The number of anilines is 1. The number of carboxylic acids is 1. The summed E-state index contributed by atoms with van der Waals surface area (Å²) in [5.74, 6) is -0.663. The molecule has 0 aliphatic carbocycles. The van der Waals surface area contributed by atoms with Gasteiger partial charge < -0.3 is 26.4 Å². The number of carboxylic acid groups (broad SMARTS) is 1. The van der Waals surface area contributed by atoms with Gasteiger partial charge in [-0.1, -0.05) is 59.1 Å². The minimum absolute atomic E-state index is 0.0110. The first-order valence-corrected chi connectivity index (χ1v) is 14.0. The molecule has 0 aromatic heterocycles. The maximum Gasteiger partial charge on any atom is 0.327 e. The maximum atomic E-state index is 11.0. The molecule has 2 atom stereocenters. The van der Waals surface area contributed by atoms with Crippen molar-refractivity contribution in [3.8, 4) is 0 Å². The third kappa shape index (κ3) is 19.8. The van der Waals surface area contributed by atoms with Gasteiger partial charge in [-0.2, -0.15) is 0 Å². The van der Waals surface area contributed by atoms with Crippen molar-refractivity contribution >= 4 is 92.1 Å². The number of rotatable bonds is 13. The monoisotopic (exact) mass is 610 g/mol. The lowest BCUT2D eigenvalue weighted by Crippen LogP contribution is -2.41. The molecule has 16 heteroatoms. The molecule has 11 nitrogen and oxygen atoms in total. The topological polar surface area (TPSA) is 158 Å². The molecule has 1 rings (SSSR count). The van der Waals surface area contributed by atoms with E-state index in [0.29, 0.717) is 21.4 Å². The summed E-state index contributed by atoms with van der Waals surface area (Å²) in [5.41, 5.74) is 0.697. The molecule has 0 radical (unpaired) electrons. The highest BCUT2D eigenvalue weighted by Crippen LogP contribution is 2.22. The summed E-state index contributed by atoms with van der Waals surface area (Å²) in [6.45, 7) is 8.97. The summed E-state index contributed by atoms with van der Waals surface area (Å²) in [6, 6.07) is 5.98. The van der Waals surface area contributed by atoms with Gasteiger partial charge in [0.2, 0.25) is 11.8 Å². The smallest absolute Gasteiger partial charge is 0.327 e. The summed E-state index contributed by atoms with van der Waals surface area (Å²) >= 11 is 13.6. The van der Waals surface area contributed by atoms with Crippen LogP contribution < -0.4 is 21.3 Å². The maximum absolute atomic E-state index is 11.0. The fourth-order valence-corrected chi connectivity index (χ4v) is 4.55. The summed E-state index contributed by atoms with van der Waals surface area (Å²) in [7, 11) is 0. The fraction of sp³-hybridized carbons (Fsp3) is 0.381. The van der Waals surface area contributed by atoms with Crippen LogP contribution in [-0.4, -0.2) is 66.9 Å². The first kappa shape index (κ1) is 35.1. The van der Waals surface area contributed by atoms with Crippen molar-refractivity contribution in [2.24, 2.45) is 0 Å². The molecule has 0 aliphatic heterocycles. The predicted octanol–water partition coefficient (Wildman–Crippen LogP) is 3.44. The van der Waals surface area contributed by atoms with Gasteiger partial charge in [0.15, 0.2) is 0 Å². The van der Waals surface area contributed by atoms with Crippen molar-refractivity contribution in [3.05, 3.63) is 36.9 Å². The zero-order chi connectivity index (χ0) is 28.2. The molecule has 0 spiro atoms. The lowest BCUT2D eigenvalue weighted by Gasteiger charge is -2.13. The van der Waals surface area contributed by atoms with Gasteiger partial charge >= 0.3 is 5.97 Å². The zero-order valence-electron chi connectivity index (χ0n) is 20.3. The second-order valence-corrected chi connectivity index (χ2v) is 11.1. The normalized spacial score (nSPS) is 11.6. The molecule has 2 unspecified atom stereocenters. The van der Waals surface area contributed by atoms with E-state index in [2.05, 4.69) is 37.2 Å². The number of carbonyl (C=O) groups is 3. The van der Waals surface area contributed by atoms with E-state index in [-0.39, 0.29) is 17.7 Å². The number of amides is 2. The molecule has 1 aromatic carbocycles. The summed E-state index contributed by atoms with van der Waals surface area (Å²) in [6.07, 6.45) is 1.75. The predicted molar refractivity (Wildman–Crippen MR) is 158 cm³/mol. The van der Waals surface area contributed by atoms with Crippen molar-refractivity contribution < 1.29 is 34.1 Å². The Bertz CT molecular complexity index is 906. The Kier molecular flexibility index (Phi) is 20.0. The lowest BCUT2D eigenvalue weighted by molar-refractivity contribution is -0.432. The third-order valence-electron chi connectivity index (χ3n) is 3.62. The number of aliphatic carboxylic acids is 1. The first-order chi connectivity index (χ1) is 17.5. The van der Waals surface area contributed by atoms with E-state index in [4.69, 9.17) is 34.8 Å². The van der Waals surface area contributed by atoms with E-state index < -0.39 is 17.9 Å². The van der Waals surface area contributed by atoms with Crippen LogP contribution in [-0.2, 0) is 23.8 Å². The van der Waals surface area contributed by atoms with Crippen LogP contribution in [0.2, 0.25) is 0 Å². The quantitative estimate of drug-likeness (QED) is 0.0634. The molecule has 0 bridgehead atoms. The highest BCUT2D eigenvalue weighted by Gasteiger charge is 2.19. The van der Waals surface area contributed by atoms with Crippen LogP contribution in [0.5, 0.6) is 0 Å². The number of benzene rings is 1. The number of carbonyl (C=O) groups excluding carboxylic acids is 2. The van der Waals surface area contributed by atoms with Crippen LogP contribution >= 0.6 is 60.0 Å². The van der Waals surface area contributed by atoms with E-state index in [0.717, 1.165) is 33.9 Å². The number of hydrogen-bond donors (Lipinski definition) is 6. The van der Waals surface area contributed by atoms with Crippen molar-refractivity contribution in [3.63, 3.8) is 0 Å². The highest BCUT2D eigenvalue weighted by molar-refractivity contribution is 8.23. The molecule has 0 heterocycles. The van der Waals surface area contributed by atoms with Crippen molar-refractivity contribution in [2.45, 2.75) is 37.8 Å². The summed E-state index contributed by atoms with van der Waals surface area (Å²) in [5, 5.41) is 31.6. The summed E-state index contributed by atoms with van der Waals surface area (Å²) in [4.78, 5) is 33.3. The van der Waals surface area contributed by atoms with E-state index in [1.807, 2.05) is 6.92 Å². The molecule has 37 heavy (non-hydrogen) atoms. The minimum Gasteiger partial charge on any atom is -0.480 e. The Labute approximate surface area is 239 Å². The van der Waals surface area contributed by atoms with Gasteiger partial charge in [-0.3, -0.25) is 9.59 Å². The molecule has 6 N–H and O–H groups in total. The molecular weight excluding hydrogens is 581 g/mol. The molecule has 0 fully saturated rings. The summed E-state index contributed by atoms with van der Waals surface area (Å²) < 4.78 is 5.40. The zero-order valence-corrected chi connectivity index (χ0v) is 24.4. The van der Waals surface area contributed by atoms with Crippen LogP contribution in [0.15, 0.2) is 41.8 Å². The van der Waals surface area contributed by atoms with Gasteiger partial charge in [-0.15, -0.1) is 10.9 Å². The fourth-order valence-electron chi connectivity index (χ4n) is 2.18. The Balaban J connectivity index is 0.000000795. The van der Waals surface area contributed by atoms with Gasteiger partial charge in [0.05, 0.1) is 12.0 Å². The van der Waals surface area contributed by atoms with Crippen molar-refractivity contribution in [1.82, 2.24) is 16.0 Å².